The quantitative estimate of drug-likeness (QED) is 0.485. The van der Waals surface area contributed by atoms with Crippen LogP contribution in [-0.2, 0) is 0 Å². The smallest absolute Gasteiger partial charge is 0.206 e. The molecule has 0 spiro atoms. The SMILES string of the molecule is Cc1cccc(C(=O)c2sc(Nc3ccc(O[C@@H](C)C4CCCN4)cc3)nc2N)c1. The Bertz CT molecular complexity index is 1030. The summed E-state index contributed by atoms with van der Waals surface area (Å²) in [6.07, 6.45) is 2.47. The van der Waals surface area contributed by atoms with E-state index in [1.807, 2.05) is 49.4 Å². The van der Waals surface area contributed by atoms with Gasteiger partial charge in [-0.2, -0.15) is 0 Å². The van der Waals surface area contributed by atoms with E-state index >= 15 is 0 Å². The van der Waals surface area contributed by atoms with E-state index in [-0.39, 0.29) is 17.7 Å². The Balaban J connectivity index is 1.42. The van der Waals surface area contributed by atoms with Crippen molar-refractivity contribution in [1.82, 2.24) is 10.3 Å². The lowest BCUT2D eigenvalue weighted by atomic mass is 10.1. The second-order valence-corrected chi connectivity index (χ2v) is 8.61. The Labute approximate surface area is 180 Å². The number of nitrogen functional groups attached to an aromatic ring is 1. The average molecular weight is 423 g/mol. The first-order valence-electron chi connectivity index (χ1n) is 10.1. The lowest BCUT2D eigenvalue weighted by Gasteiger charge is -2.21. The van der Waals surface area contributed by atoms with Gasteiger partial charge in [0.1, 0.15) is 22.5 Å². The van der Waals surface area contributed by atoms with Crippen LogP contribution in [0.15, 0.2) is 48.5 Å². The van der Waals surface area contributed by atoms with Gasteiger partial charge < -0.3 is 21.1 Å². The van der Waals surface area contributed by atoms with Gasteiger partial charge in [0, 0.05) is 17.3 Å². The van der Waals surface area contributed by atoms with E-state index < -0.39 is 0 Å². The zero-order valence-electron chi connectivity index (χ0n) is 17.1. The summed E-state index contributed by atoms with van der Waals surface area (Å²) in [6.45, 7) is 5.12. The Morgan fingerprint density at radius 2 is 2.10 bits per heavy atom. The third kappa shape index (κ3) is 4.63. The summed E-state index contributed by atoms with van der Waals surface area (Å²) in [5.74, 6) is 0.961. The molecule has 2 aromatic carbocycles. The van der Waals surface area contributed by atoms with Gasteiger partial charge in [0.05, 0.1) is 0 Å². The number of aryl methyl sites for hydroxylation is 1. The van der Waals surface area contributed by atoms with Crippen LogP contribution in [0.3, 0.4) is 0 Å². The van der Waals surface area contributed by atoms with Gasteiger partial charge in [-0.3, -0.25) is 4.79 Å². The second-order valence-electron chi connectivity index (χ2n) is 7.61. The number of ketones is 1. The molecule has 4 N–H and O–H groups in total. The van der Waals surface area contributed by atoms with Gasteiger partial charge in [0.15, 0.2) is 5.13 Å². The molecule has 1 fully saturated rings. The van der Waals surface area contributed by atoms with Crippen LogP contribution in [0.4, 0.5) is 16.6 Å². The maximum atomic E-state index is 12.8. The number of hydrogen-bond acceptors (Lipinski definition) is 7. The van der Waals surface area contributed by atoms with Crippen molar-refractivity contribution in [2.24, 2.45) is 0 Å². The number of benzene rings is 2. The van der Waals surface area contributed by atoms with Crippen LogP contribution in [-0.4, -0.2) is 29.5 Å². The van der Waals surface area contributed by atoms with Crippen LogP contribution in [0.1, 0.15) is 40.6 Å². The third-order valence-electron chi connectivity index (χ3n) is 5.23. The van der Waals surface area contributed by atoms with Crippen LogP contribution in [0.2, 0.25) is 0 Å². The molecule has 1 aliphatic heterocycles. The van der Waals surface area contributed by atoms with Crippen molar-refractivity contribution in [3.05, 3.63) is 64.5 Å². The van der Waals surface area contributed by atoms with Gasteiger partial charge in [0.2, 0.25) is 5.78 Å². The van der Waals surface area contributed by atoms with Gasteiger partial charge in [-0.1, -0.05) is 35.1 Å². The van der Waals surface area contributed by atoms with Crippen molar-refractivity contribution in [1.29, 1.82) is 0 Å². The number of anilines is 3. The fourth-order valence-corrected chi connectivity index (χ4v) is 4.48. The summed E-state index contributed by atoms with van der Waals surface area (Å²) in [4.78, 5) is 17.6. The van der Waals surface area contributed by atoms with E-state index in [4.69, 9.17) is 10.5 Å². The predicted octanol–water partition coefficient (Wildman–Crippen LogP) is 4.53. The topological polar surface area (TPSA) is 89.3 Å². The molecule has 1 unspecified atom stereocenters. The molecule has 30 heavy (non-hydrogen) atoms. The molecule has 2 atom stereocenters. The maximum Gasteiger partial charge on any atom is 0.206 e. The Kier molecular flexibility index (Phi) is 6.01. The molecule has 1 aliphatic rings. The van der Waals surface area contributed by atoms with Gasteiger partial charge in [-0.15, -0.1) is 0 Å². The number of ether oxygens (including phenoxy) is 1. The minimum atomic E-state index is -0.111. The molecule has 3 aromatic rings. The van der Waals surface area contributed by atoms with E-state index in [0.29, 0.717) is 21.6 Å². The molecule has 4 rings (SSSR count). The van der Waals surface area contributed by atoms with E-state index in [0.717, 1.165) is 30.0 Å². The molecule has 0 saturated carbocycles. The summed E-state index contributed by atoms with van der Waals surface area (Å²) in [5, 5.41) is 7.28. The molecule has 1 saturated heterocycles. The first kappa shape index (κ1) is 20.4. The number of carbonyl (C=O) groups is 1. The van der Waals surface area contributed by atoms with Crippen LogP contribution in [0, 0.1) is 6.92 Å². The van der Waals surface area contributed by atoms with E-state index in [2.05, 4.69) is 22.5 Å². The molecule has 0 aliphatic carbocycles. The van der Waals surface area contributed by atoms with Crippen LogP contribution in [0.5, 0.6) is 5.75 Å². The highest BCUT2D eigenvalue weighted by Gasteiger charge is 2.22. The highest BCUT2D eigenvalue weighted by Crippen LogP contribution is 2.30. The molecule has 7 heteroatoms. The largest absolute Gasteiger partial charge is 0.489 e. The molecule has 0 radical (unpaired) electrons. The fraction of sp³-hybridized carbons (Fsp3) is 0.304. The van der Waals surface area contributed by atoms with E-state index in [9.17, 15) is 4.79 Å². The van der Waals surface area contributed by atoms with Crippen molar-refractivity contribution in [2.75, 3.05) is 17.6 Å². The van der Waals surface area contributed by atoms with Crippen LogP contribution < -0.4 is 21.1 Å². The summed E-state index contributed by atoms with van der Waals surface area (Å²) < 4.78 is 6.05. The second kappa shape index (κ2) is 8.85. The number of hydrogen-bond donors (Lipinski definition) is 3. The minimum Gasteiger partial charge on any atom is -0.489 e. The van der Waals surface area contributed by atoms with Gasteiger partial charge in [-0.25, -0.2) is 4.98 Å². The molecule has 6 nitrogen and oxygen atoms in total. The Morgan fingerprint density at radius 1 is 1.30 bits per heavy atom. The van der Waals surface area contributed by atoms with Gasteiger partial charge in [-0.05, 0) is 63.6 Å². The first-order chi connectivity index (χ1) is 14.5. The average Bonchev–Trinajstić information content (AvgIpc) is 3.39. The van der Waals surface area contributed by atoms with Crippen LogP contribution >= 0.6 is 11.3 Å². The third-order valence-corrected chi connectivity index (χ3v) is 6.22. The summed E-state index contributed by atoms with van der Waals surface area (Å²) in [6, 6.07) is 15.6. The molecule has 156 valence electrons. The minimum absolute atomic E-state index is 0.111. The summed E-state index contributed by atoms with van der Waals surface area (Å²) in [7, 11) is 0. The Morgan fingerprint density at radius 3 is 2.80 bits per heavy atom. The monoisotopic (exact) mass is 422 g/mol. The standard InChI is InChI=1S/C23H26N4O2S/c1-14-5-3-6-16(13-14)20(28)21-22(24)27-23(30-21)26-17-8-10-18(11-9-17)29-15(2)19-7-4-12-25-19/h3,5-6,8-11,13,15,19,25H,4,7,12,24H2,1-2H3,(H,26,27)/t15-,19?/m0/s1. The maximum absolute atomic E-state index is 12.8. The number of rotatable bonds is 7. The summed E-state index contributed by atoms with van der Waals surface area (Å²) in [5.41, 5.74) is 8.53. The number of nitrogens with one attached hydrogen (secondary N) is 2. The molecule has 0 amide bonds. The van der Waals surface area contributed by atoms with Crippen molar-refractivity contribution in [2.45, 2.75) is 38.8 Å². The summed E-state index contributed by atoms with van der Waals surface area (Å²) >= 11 is 1.26. The predicted molar refractivity (Wildman–Crippen MR) is 122 cm³/mol. The molecule has 0 bridgehead atoms. The van der Waals surface area contributed by atoms with Crippen molar-refractivity contribution >= 4 is 33.8 Å². The highest BCUT2D eigenvalue weighted by molar-refractivity contribution is 7.18. The number of aromatic nitrogens is 1. The Hall–Kier alpha value is -2.90. The fourth-order valence-electron chi connectivity index (χ4n) is 3.61. The van der Waals surface area contributed by atoms with Gasteiger partial charge >= 0.3 is 0 Å². The zero-order chi connectivity index (χ0) is 21.1. The molecule has 2 heterocycles. The first-order valence-corrected chi connectivity index (χ1v) is 11.0. The number of carbonyl (C=O) groups excluding carboxylic acids is 1. The number of nitrogens with zero attached hydrogens (tertiary/aromatic N) is 1. The molecular weight excluding hydrogens is 396 g/mol. The van der Waals surface area contributed by atoms with Crippen LogP contribution in [0.25, 0.3) is 0 Å². The van der Waals surface area contributed by atoms with Gasteiger partial charge in [0.25, 0.3) is 0 Å². The zero-order valence-corrected chi connectivity index (χ0v) is 18.0. The lowest BCUT2D eigenvalue weighted by Crippen LogP contribution is -2.36. The van der Waals surface area contributed by atoms with Crippen molar-refractivity contribution in [3.8, 4) is 5.75 Å². The highest BCUT2D eigenvalue weighted by atomic mass is 32.1. The lowest BCUT2D eigenvalue weighted by molar-refractivity contribution is 0.104. The van der Waals surface area contributed by atoms with Crippen molar-refractivity contribution in [3.63, 3.8) is 0 Å². The number of nitrogens with two attached hydrogens (primary N) is 1. The van der Waals surface area contributed by atoms with E-state index in [1.54, 1.807) is 6.07 Å². The normalized spacial score (nSPS) is 16.9. The van der Waals surface area contributed by atoms with Crippen molar-refractivity contribution < 1.29 is 9.53 Å². The van der Waals surface area contributed by atoms with E-state index in [1.165, 1.54) is 17.8 Å². The molecule has 1 aromatic heterocycles. The number of thiazole rings is 1. The molecular formula is C23H26N4O2S.